The maximum absolute atomic E-state index is 12.1. The van der Waals surface area contributed by atoms with Crippen LogP contribution in [0.3, 0.4) is 0 Å². The van der Waals surface area contributed by atoms with Crippen LogP contribution in [0.1, 0.15) is 22.3 Å². The van der Waals surface area contributed by atoms with Gasteiger partial charge >= 0.3 is 0 Å². The van der Waals surface area contributed by atoms with Gasteiger partial charge in [0.1, 0.15) is 6.07 Å². The number of carbonyl (C=O) groups excluding carboxylic acids is 1. The number of aromatic nitrogens is 2. The molecule has 3 rings (SSSR count). The highest BCUT2D eigenvalue weighted by Gasteiger charge is 2.29. The highest BCUT2D eigenvalue weighted by atomic mass is 32.2. The number of rotatable bonds is 4. The van der Waals surface area contributed by atoms with Crippen LogP contribution in [0.15, 0.2) is 36.7 Å². The predicted molar refractivity (Wildman–Crippen MR) is 91.0 cm³/mol. The van der Waals surface area contributed by atoms with E-state index in [2.05, 4.69) is 26.7 Å². The molecule has 1 aliphatic rings. The molecule has 2 heterocycles. The van der Waals surface area contributed by atoms with Crippen molar-refractivity contribution in [2.24, 2.45) is 0 Å². The Morgan fingerprint density at radius 3 is 2.60 bits per heavy atom. The van der Waals surface area contributed by atoms with Crippen molar-refractivity contribution >= 4 is 27.4 Å². The van der Waals surface area contributed by atoms with Crippen LogP contribution in [-0.4, -0.2) is 41.8 Å². The maximum Gasteiger partial charge on any atom is 0.254 e. The molecular weight excluding hydrogens is 342 g/mol. The fraction of sp³-hybridized carbons (Fsp3) is 0.250. The molecule has 0 aliphatic carbocycles. The Bertz CT molecular complexity index is 935. The van der Waals surface area contributed by atoms with Gasteiger partial charge in [-0.05, 0) is 18.6 Å². The molecule has 128 valence electrons. The van der Waals surface area contributed by atoms with E-state index >= 15 is 0 Å². The van der Waals surface area contributed by atoms with Gasteiger partial charge in [-0.25, -0.2) is 18.4 Å². The fourth-order valence-electron chi connectivity index (χ4n) is 2.50. The Balaban J connectivity index is 1.66. The molecule has 1 unspecified atom stereocenters. The zero-order valence-electron chi connectivity index (χ0n) is 13.1. The third-order valence-electron chi connectivity index (χ3n) is 3.78. The summed E-state index contributed by atoms with van der Waals surface area (Å²) in [5, 5.41) is 14.7. The Morgan fingerprint density at radius 1 is 1.24 bits per heavy atom. The number of carbonyl (C=O) groups is 1. The van der Waals surface area contributed by atoms with Gasteiger partial charge in [0.25, 0.3) is 5.91 Å². The normalized spacial score (nSPS) is 18.3. The van der Waals surface area contributed by atoms with Gasteiger partial charge in [-0.3, -0.25) is 4.79 Å². The van der Waals surface area contributed by atoms with Gasteiger partial charge in [0.15, 0.2) is 9.84 Å². The number of benzene rings is 1. The lowest BCUT2D eigenvalue weighted by molar-refractivity contribution is 0.0940. The first-order valence-electron chi connectivity index (χ1n) is 7.56. The van der Waals surface area contributed by atoms with Gasteiger partial charge in [-0.2, -0.15) is 5.26 Å². The van der Waals surface area contributed by atoms with Crippen LogP contribution in [0.2, 0.25) is 0 Å². The lowest BCUT2D eigenvalue weighted by Crippen LogP contribution is -2.35. The Labute approximate surface area is 144 Å². The molecule has 1 aliphatic heterocycles. The molecule has 0 spiro atoms. The molecule has 2 aromatic rings. The minimum Gasteiger partial charge on any atom is -0.348 e. The number of nitrogens with zero attached hydrogens (tertiary/aromatic N) is 3. The predicted octanol–water partition coefficient (Wildman–Crippen LogP) is 1.01. The van der Waals surface area contributed by atoms with E-state index in [-0.39, 0.29) is 29.1 Å². The monoisotopic (exact) mass is 357 g/mol. The van der Waals surface area contributed by atoms with Crippen molar-refractivity contribution in [1.82, 2.24) is 15.3 Å². The quantitative estimate of drug-likeness (QED) is 0.836. The summed E-state index contributed by atoms with van der Waals surface area (Å²) < 4.78 is 22.8. The summed E-state index contributed by atoms with van der Waals surface area (Å²) in [6.07, 6.45) is 3.12. The number of anilines is 2. The van der Waals surface area contributed by atoms with E-state index in [9.17, 15) is 13.2 Å². The van der Waals surface area contributed by atoms with Crippen LogP contribution in [-0.2, 0) is 9.84 Å². The van der Waals surface area contributed by atoms with Crippen molar-refractivity contribution in [3.8, 4) is 6.07 Å². The second kappa shape index (κ2) is 6.86. The van der Waals surface area contributed by atoms with E-state index in [1.54, 1.807) is 24.3 Å². The number of nitriles is 1. The first-order chi connectivity index (χ1) is 12.0. The lowest BCUT2D eigenvalue weighted by atomic mass is 10.2. The third kappa shape index (κ3) is 4.10. The molecule has 8 nitrogen and oxygen atoms in total. The van der Waals surface area contributed by atoms with Gasteiger partial charge in [-0.1, -0.05) is 12.1 Å². The van der Waals surface area contributed by atoms with Crippen molar-refractivity contribution in [2.45, 2.75) is 12.5 Å². The number of hydrogen-bond donors (Lipinski definition) is 2. The summed E-state index contributed by atoms with van der Waals surface area (Å²) in [7, 11) is -3.05. The topological polar surface area (TPSA) is 125 Å². The smallest absolute Gasteiger partial charge is 0.254 e. The SMILES string of the molecule is N#Cc1ccccc1Nc1ncc(C(=O)NC2CCS(=O)(=O)C2)cn1. The van der Waals surface area contributed by atoms with E-state index < -0.39 is 15.7 Å². The molecule has 1 aromatic carbocycles. The standard InChI is InChI=1S/C16H15N5O3S/c17-7-11-3-1-2-4-14(11)21-16-18-8-12(9-19-16)15(22)20-13-5-6-25(23,24)10-13/h1-4,8-9,13H,5-6,10H2,(H,20,22)(H,18,19,21). The number of amides is 1. The summed E-state index contributed by atoms with van der Waals surface area (Å²) in [6.45, 7) is 0. The van der Waals surface area contributed by atoms with Crippen molar-refractivity contribution in [2.75, 3.05) is 16.8 Å². The van der Waals surface area contributed by atoms with Gasteiger partial charge in [0.05, 0.1) is 28.3 Å². The molecule has 1 aromatic heterocycles. The van der Waals surface area contributed by atoms with Gasteiger partial charge in [-0.15, -0.1) is 0 Å². The average Bonchev–Trinajstić information content (AvgIpc) is 2.94. The van der Waals surface area contributed by atoms with Crippen LogP contribution in [0.4, 0.5) is 11.6 Å². The third-order valence-corrected chi connectivity index (χ3v) is 5.54. The Morgan fingerprint density at radius 2 is 1.96 bits per heavy atom. The summed E-state index contributed by atoms with van der Waals surface area (Å²) in [4.78, 5) is 20.3. The average molecular weight is 357 g/mol. The summed E-state index contributed by atoms with van der Waals surface area (Å²) in [5.74, 6) is -0.103. The lowest BCUT2D eigenvalue weighted by Gasteiger charge is -2.11. The summed E-state index contributed by atoms with van der Waals surface area (Å²) >= 11 is 0. The summed E-state index contributed by atoms with van der Waals surface area (Å²) in [5.41, 5.74) is 1.26. The number of hydrogen-bond acceptors (Lipinski definition) is 7. The molecule has 1 fully saturated rings. The molecular formula is C16H15N5O3S. The van der Waals surface area contributed by atoms with Gasteiger partial charge in [0, 0.05) is 18.4 Å². The van der Waals surface area contributed by atoms with Crippen molar-refractivity contribution in [3.05, 3.63) is 47.8 Å². The number of nitrogens with one attached hydrogen (secondary N) is 2. The number of sulfone groups is 1. The fourth-order valence-corrected chi connectivity index (χ4v) is 4.17. The zero-order valence-corrected chi connectivity index (χ0v) is 14.0. The first kappa shape index (κ1) is 16.9. The van der Waals surface area contributed by atoms with E-state index in [0.29, 0.717) is 17.7 Å². The van der Waals surface area contributed by atoms with Crippen molar-refractivity contribution in [3.63, 3.8) is 0 Å². The minimum atomic E-state index is -3.05. The van der Waals surface area contributed by atoms with E-state index in [1.807, 2.05) is 0 Å². The largest absolute Gasteiger partial charge is 0.348 e. The van der Waals surface area contributed by atoms with E-state index in [4.69, 9.17) is 5.26 Å². The van der Waals surface area contributed by atoms with Crippen LogP contribution in [0.5, 0.6) is 0 Å². The Hall–Kier alpha value is -2.99. The second-order valence-corrected chi connectivity index (χ2v) is 7.88. The molecule has 2 N–H and O–H groups in total. The molecule has 25 heavy (non-hydrogen) atoms. The maximum atomic E-state index is 12.1. The van der Waals surface area contributed by atoms with Crippen LogP contribution >= 0.6 is 0 Å². The minimum absolute atomic E-state index is 0.0375. The zero-order chi connectivity index (χ0) is 17.9. The number of para-hydroxylation sites is 1. The van der Waals surface area contributed by atoms with E-state index in [1.165, 1.54) is 12.4 Å². The molecule has 1 atom stereocenters. The highest BCUT2D eigenvalue weighted by Crippen LogP contribution is 2.17. The van der Waals surface area contributed by atoms with Crippen LogP contribution < -0.4 is 10.6 Å². The van der Waals surface area contributed by atoms with Gasteiger partial charge in [0.2, 0.25) is 5.95 Å². The first-order valence-corrected chi connectivity index (χ1v) is 9.38. The van der Waals surface area contributed by atoms with E-state index in [0.717, 1.165) is 0 Å². The molecule has 0 saturated carbocycles. The molecule has 0 bridgehead atoms. The molecule has 9 heteroatoms. The molecule has 1 amide bonds. The second-order valence-electron chi connectivity index (χ2n) is 5.65. The molecule has 1 saturated heterocycles. The van der Waals surface area contributed by atoms with Crippen molar-refractivity contribution in [1.29, 1.82) is 5.26 Å². The summed E-state index contributed by atoms with van der Waals surface area (Å²) in [6, 6.07) is 8.61. The van der Waals surface area contributed by atoms with Crippen LogP contribution in [0, 0.1) is 11.3 Å². The van der Waals surface area contributed by atoms with Gasteiger partial charge < -0.3 is 10.6 Å². The van der Waals surface area contributed by atoms with Crippen LogP contribution in [0.25, 0.3) is 0 Å². The van der Waals surface area contributed by atoms with Crippen molar-refractivity contribution < 1.29 is 13.2 Å². The Kier molecular flexibility index (Phi) is 4.63. The highest BCUT2D eigenvalue weighted by molar-refractivity contribution is 7.91. The molecule has 0 radical (unpaired) electrons.